The molecule has 0 aromatic heterocycles. The number of hydrogen-bond donors (Lipinski definition) is 7. The Morgan fingerprint density at radius 2 is 1.55 bits per heavy atom. The normalized spacial score (nSPS) is 53.8. The Morgan fingerprint density at radius 1 is 0.872 bits per heavy atom. The van der Waals surface area contributed by atoms with Gasteiger partial charge in [0.15, 0.2) is 12.4 Å². The third-order valence-corrected chi connectivity index (χ3v) is 15.3. The van der Waals surface area contributed by atoms with Crippen molar-refractivity contribution in [1.29, 1.82) is 0 Å². The number of aliphatic hydroxyl groups excluding tert-OH is 5. The minimum atomic E-state index is -1.82. The molecule has 0 aromatic rings. The van der Waals surface area contributed by atoms with E-state index in [0.717, 1.165) is 38.5 Å². The Bertz CT molecular complexity index is 1320. The molecule has 1 saturated heterocycles. The molecule has 4 saturated carbocycles. The zero-order chi connectivity index (χ0) is 34.7. The molecule has 6 aliphatic rings. The molecule has 7 N–H and O–H groups in total. The molecule has 0 aromatic carbocycles. The van der Waals surface area contributed by atoms with Crippen LogP contribution in [0.25, 0.3) is 0 Å². The number of carboxylic acids is 2. The van der Waals surface area contributed by atoms with Crippen molar-refractivity contribution in [3.05, 3.63) is 11.6 Å². The van der Waals surface area contributed by atoms with Crippen molar-refractivity contribution in [3.63, 3.8) is 0 Å². The maximum absolute atomic E-state index is 13.0. The molecular formula is C36H56O11. The molecular weight excluding hydrogens is 608 g/mol. The van der Waals surface area contributed by atoms with Crippen LogP contribution in [0.3, 0.4) is 0 Å². The lowest BCUT2D eigenvalue weighted by atomic mass is 9.33. The van der Waals surface area contributed by atoms with Crippen molar-refractivity contribution >= 4 is 11.9 Å². The maximum Gasteiger partial charge on any atom is 0.335 e. The molecule has 266 valence electrons. The first-order chi connectivity index (χ1) is 21.7. The van der Waals surface area contributed by atoms with Gasteiger partial charge in [-0.25, -0.2) is 4.79 Å². The van der Waals surface area contributed by atoms with Crippen LogP contribution in [0.4, 0.5) is 0 Å². The fourth-order valence-electron chi connectivity index (χ4n) is 12.3. The Kier molecular flexibility index (Phi) is 8.40. The van der Waals surface area contributed by atoms with E-state index >= 15 is 0 Å². The Hall–Kier alpha value is -1.60. The predicted molar refractivity (Wildman–Crippen MR) is 169 cm³/mol. The van der Waals surface area contributed by atoms with Gasteiger partial charge in [-0.3, -0.25) is 4.79 Å². The summed E-state index contributed by atoms with van der Waals surface area (Å²) in [6, 6.07) is 0. The Balaban J connectivity index is 1.33. The highest BCUT2D eigenvalue weighted by Gasteiger charge is 2.72. The number of hydrogen-bond acceptors (Lipinski definition) is 9. The lowest BCUT2D eigenvalue weighted by molar-refractivity contribution is -0.327. The molecule has 11 heteroatoms. The van der Waals surface area contributed by atoms with Crippen LogP contribution < -0.4 is 0 Å². The van der Waals surface area contributed by atoms with Crippen LogP contribution in [0.1, 0.15) is 99.3 Å². The summed E-state index contributed by atoms with van der Waals surface area (Å²) in [6.45, 7) is 13.1. The zero-order valence-corrected chi connectivity index (χ0v) is 28.7. The minimum absolute atomic E-state index is 0.0119. The van der Waals surface area contributed by atoms with E-state index in [-0.39, 0.29) is 40.6 Å². The zero-order valence-electron chi connectivity index (χ0n) is 28.7. The molecule has 1 aliphatic heterocycles. The molecule has 15 atom stereocenters. The van der Waals surface area contributed by atoms with Gasteiger partial charge in [0, 0.05) is 5.41 Å². The monoisotopic (exact) mass is 664 g/mol. The number of aliphatic hydroxyl groups is 5. The number of allylic oxidation sites excluding steroid dienone is 2. The summed E-state index contributed by atoms with van der Waals surface area (Å²) >= 11 is 0. The smallest absolute Gasteiger partial charge is 0.335 e. The van der Waals surface area contributed by atoms with Crippen LogP contribution in [-0.2, 0) is 19.1 Å². The van der Waals surface area contributed by atoms with E-state index in [1.165, 1.54) is 5.57 Å². The minimum Gasteiger partial charge on any atom is -0.481 e. The van der Waals surface area contributed by atoms with Crippen molar-refractivity contribution in [2.45, 2.75) is 142 Å². The number of carbonyl (C=O) groups is 2. The Labute approximate surface area is 277 Å². The summed E-state index contributed by atoms with van der Waals surface area (Å²) in [7, 11) is 0. The van der Waals surface area contributed by atoms with E-state index < -0.39 is 71.1 Å². The Morgan fingerprint density at radius 3 is 2.17 bits per heavy atom. The molecule has 5 aliphatic carbocycles. The van der Waals surface area contributed by atoms with Gasteiger partial charge in [-0.15, -0.1) is 0 Å². The first-order valence-corrected chi connectivity index (χ1v) is 17.5. The summed E-state index contributed by atoms with van der Waals surface area (Å²) < 4.78 is 11.7. The second-order valence-corrected chi connectivity index (χ2v) is 17.8. The largest absolute Gasteiger partial charge is 0.481 e. The van der Waals surface area contributed by atoms with Crippen LogP contribution in [0.15, 0.2) is 11.6 Å². The number of rotatable bonds is 5. The van der Waals surface area contributed by atoms with Gasteiger partial charge < -0.3 is 45.2 Å². The molecule has 2 unspecified atom stereocenters. The first-order valence-electron chi connectivity index (χ1n) is 17.5. The number of aliphatic carboxylic acids is 2. The van der Waals surface area contributed by atoms with Crippen molar-refractivity contribution in [3.8, 4) is 0 Å². The van der Waals surface area contributed by atoms with E-state index in [1.807, 2.05) is 6.92 Å². The van der Waals surface area contributed by atoms with Gasteiger partial charge in [-0.05, 0) is 97.2 Å². The average Bonchev–Trinajstić information content (AvgIpc) is 2.98. The second kappa shape index (κ2) is 11.2. The van der Waals surface area contributed by atoms with E-state index in [1.54, 1.807) is 0 Å². The molecule has 6 rings (SSSR count). The molecule has 0 spiro atoms. The van der Waals surface area contributed by atoms with Crippen LogP contribution >= 0.6 is 0 Å². The van der Waals surface area contributed by atoms with Crippen molar-refractivity contribution < 1.29 is 54.8 Å². The highest BCUT2D eigenvalue weighted by molar-refractivity contribution is 5.77. The van der Waals surface area contributed by atoms with Gasteiger partial charge >= 0.3 is 11.9 Å². The van der Waals surface area contributed by atoms with Crippen molar-refractivity contribution in [2.24, 2.45) is 50.2 Å². The van der Waals surface area contributed by atoms with Gasteiger partial charge in [0.2, 0.25) is 0 Å². The summed E-state index contributed by atoms with van der Waals surface area (Å²) in [5.74, 6) is -2.44. The van der Waals surface area contributed by atoms with Crippen LogP contribution in [0.2, 0.25) is 0 Å². The molecule has 11 nitrogen and oxygen atoms in total. The van der Waals surface area contributed by atoms with Crippen molar-refractivity contribution in [2.75, 3.05) is 6.61 Å². The predicted octanol–water partition coefficient (Wildman–Crippen LogP) is 3.09. The molecule has 0 bridgehead atoms. The lowest BCUT2D eigenvalue weighted by Crippen LogP contribution is -2.68. The second-order valence-electron chi connectivity index (χ2n) is 17.8. The first kappa shape index (κ1) is 35.2. The number of ether oxygens (including phenoxy) is 2. The highest BCUT2D eigenvalue weighted by atomic mass is 16.7. The summed E-state index contributed by atoms with van der Waals surface area (Å²) in [4.78, 5) is 24.7. The topological polar surface area (TPSA) is 194 Å². The highest BCUT2D eigenvalue weighted by Crippen LogP contribution is 2.76. The molecule has 47 heavy (non-hydrogen) atoms. The number of carboxylic acid groups (broad SMARTS) is 2. The van der Waals surface area contributed by atoms with Crippen LogP contribution in [-0.4, -0.2) is 97.2 Å². The SMILES string of the molecule is CC1(C)CC[C@]2(C(=O)O)[C@H](O)C[C@]3(C)C(=CCC4[C@@]5(C)CC[C@H](O[C@@H]6O[C@H](C(=O)O)[C@@H](O)[C@H](O)[C@H]6O)[C@@](C)(CO)C5CC[C@]43C)[C@@H]2C1. The fourth-order valence-corrected chi connectivity index (χ4v) is 12.3. The van der Waals surface area contributed by atoms with E-state index in [4.69, 9.17) is 9.47 Å². The maximum atomic E-state index is 13.0. The standard InChI is InChI=1S/C36H56O11/c1-31(2)13-14-36(30(44)45)19(15-31)18-7-8-21-32(3)11-10-23(46-29-26(41)24(39)25(40)27(47-29)28(42)43)33(4,17-37)20(32)9-12-34(21,5)35(18,6)16-22(36)38/h7,19-27,29,37-41H,8-17H2,1-6H3,(H,42,43)(H,44,45)/t19-,20?,21?,22+,23-,24-,25-,26+,27-,29+,32-,33-,34+,35+,36+/m0/s1. The summed E-state index contributed by atoms with van der Waals surface area (Å²) in [5.41, 5.74) is -1.69. The van der Waals surface area contributed by atoms with Gasteiger partial charge in [-0.2, -0.15) is 0 Å². The molecule has 0 radical (unpaired) electrons. The van der Waals surface area contributed by atoms with Gasteiger partial charge in [0.1, 0.15) is 23.7 Å². The van der Waals surface area contributed by atoms with E-state index in [0.29, 0.717) is 19.3 Å². The fraction of sp³-hybridized carbons (Fsp3) is 0.889. The number of fused-ring (bicyclic) bond motifs is 7. The third-order valence-electron chi connectivity index (χ3n) is 15.3. The molecule has 0 amide bonds. The molecule has 5 fully saturated rings. The van der Waals surface area contributed by atoms with E-state index in [9.17, 15) is 45.3 Å². The quantitative estimate of drug-likeness (QED) is 0.169. The average molecular weight is 665 g/mol. The molecule has 1 heterocycles. The lowest BCUT2D eigenvalue weighted by Gasteiger charge is -2.71. The van der Waals surface area contributed by atoms with Gasteiger partial charge in [0.25, 0.3) is 0 Å². The summed E-state index contributed by atoms with van der Waals surface area (Å²) in [5, 5.41) is 74.3. The van der Waals surface area contributed by atoms with Crippen molar-refractivity contribution in [1.82, 2.24) is 0 Å². The van der Waals surface area contributed by atoms with Crippen LogP contribution in [0.5, 0.6) is 0 Å². The van der Waals surface area contributed by atoms with E-state index in [2.05, 4.69) is 40.7 Å². The van der Waals surface area contributed by atoms with Crippen LogP contribution in [0, 0.1) is 50.2 Å². The summed E-state index contributed by atoms with van der Waals surface area (Å²) in [6.07, 6.45) is -1.87. The van der Waals surface area contributed by atoms with Gasteiger partial charge in [0.05, 0.1) is 18.8 Å². The van der Waals surface area contributed by atoms with Gasteiger partial charge in [-0.1, -0.05) is 53.2 Å². The third kappa shape index (κ3) is 4.69.